The molecule has 1 saturated carbocycles. The molecule has 3 aromatic rings. The van der Waals surface area contributed by atoms with E-state index in [0.29, 0.717) is 28.9 Å². The van der Waals surface area contributed by atoms with E-state index in [1.54, 1.807) is 24.3 Å². The molecule has 5 N–H and O–H groups in total. The van der Waals surface area contributed by atoms with Gasteiger partial charge in [-0.25, -0.2) is 18.1 Å². The molecule has 1 aliphatic carbocycles. The number of nitrogen functional groups attached to an aromatic ring is 1. The fraction of sp³-hybridized carbons (Fsp3) is 0.368. The minimum atomic E-state index is -3.59. The summed E-state index contributed by atoms with van der Waals surface area (Å²) < 4.78 is 28.0. The van der Waals surface area contributed by atoms with Gasteiger partial charge in [0.25, 0.3) is 10.0 Å². The van der Waals surface area contributed by atoms with E-state index in [1.165, 1.54) is 24.2 Å². The Bertz CT molecular complexity index is 1160. The molecule has 8 nitrogen and oxygen atoms in total. The van der Waals surface area contributed by atoms with E-state index in [4.69, 9.17) is 5.73 Å². The number of nitrogens with zero attached hydrogens (tertiary/aromatic N) is 2. The van der Waals surface area contributed by atoms with E-state index in [9.17, 15) is 8.42 Å². The van der Waals surface area contributed by atoms with Crippen LogP contribution in [0.4, 0.5) is 17.3 Å². The number of nitrogens with one attached hydrogen (secondary N) is 3. The summed E-state index contributed by atoms with van der Waals surface area (Å²) in [5.74, 6) is 1.72. The Morgan fingerprint density at radius 3 is 2.69 bits per heavy atom. The lowest BCUT2D eigenvalue weighted by atomic mass is 10.1. The van der Waals surface area contributed by atoms with E-state index in [-0.39, 0.29) is 11.3 Å². The molecule has 0 atom stereocenters. The molecule has 0 amide bonds. The largest absolute Gasteiger partial charge is 0.396 e. The first-order valence-corrected chi connectivity index (χ1v) is 11.6. The highest BCUT2D eigenvalue weighted by atomic mass is 32.2. The van der Waals surface area contributed by atoms with Gasteiger partial charge < -0.3 is 11.1 Å². The van der Waals surface area contributed by atoms with Gasteiger partial charge in [-0.1, -0.05) is 0 Å². The topological polar surface area (TPSA) is 126 Å². The molecule has 3 aromatic heterocycles. The maximum Gasteiger partial charge on any atom is 0.250 e. The zero-order valence-electron chi connectivity index (χ0n) is 16.5. The fourth-order valence-electron chi connectivity index (χ4n) is 2.89. The van der Waals surface area contributed by atoms with Gasteiger partial charge in [-0.3, -0.25) is 5.10 Å². The normalized spacial score (nSPS) is 14.9. The molecular weight excluding hydrogens is 408 g/mol. The molecule has 1 aliphatic rings. The predicted molar refractivity (Wildman–Crippen MR) is 126 cm³/mol. The van der Waals surface area contributed by atoms with Crippen LogP contribution in [0, 0.1) is 0 Å². The van der Waals surface area contributed by atoms with Crippen molar-refractivity contribution in [2.75, 3.05) is 11.1 Å². The number of aromatic nitrogens is 3. The molecule has 3 heterocycles. The number of rotatable bonds is 6. The summed E-state index contributed by atoms with van der Waals surface area (Å²) in [6.45, 7) is 5.42. The molecule has 29 heavy (non-hydrogen) atoms. The number of thiophene rings is 1. The Kier molecular flexibility index (Phi) is 4.88. The molecule has 0 spiro atoms. The van der Waals surface area contributed by atoms with Gasteiger partial charge in [0.1, 0.15) is 4.21 Å². The number of aromatic amines is 1. The van der Waals surface area contributed by atoms with Gasteiger partial charge in [0.15, 0.2) is 11.6 Å². The second kappa shape index (κ2) is 7.12. The van der Waals surface area contributed by atoms with Crippen molar-refractivity contribution in [3.63, 3.8) is 0 Å². The summed E-state index contributed by atoms with van der Waals surface area (Å²) in [6.07, 6.45) is 2.37. The lowest BCUT2D eigenvalue weighted by Crippen LogP contribution is -2.40. The number of sulfonamides is 1. The summed E-state index contributed by atoms with van der Waals surface area (Å²) >= 11 is 1.17. The molecule has 0 aliphatic heterocycles. The maximum absolute atomic E-state index is 12.6. The van der Waals surface area contributed by atoms with Gasteiger partial charge in [0.05, 0.1) is 16.3 Å². The highest BCUT2D eigenvalue weighted by molar-refractivity contribution is 7.91. The molecule has 0 saturated heterocycles. The Hall–Kier alpha value is -2.43. The van der Waals surface area contributed by atoms with Crippen LogP contribution in [0.5, 0.6) is 0 Å². The predicted octanol–water partition coefficient (Wildman–Crippen LogP) is 5.04. The minimum absolute atomic E-state index is 0. The van der Waals surface area contributed by atoms with E-state index in [0.717, 1.165) is 10.6 Å². The number of nitrogens with two attached hydrogens (primary N) is 1. The number of pyridine rings is 1. The molecule has 4 rings (SSSR count). The van der Waals surface area contributed by atoms with Gasteiger partial charge in [-0.05, 0) is 57.9 Å². The Labute approximate surface area is 181 Å². The number of hydrogen-bond acceptors (Lipinski definition) is 7. The van der Waals surface area contributed by atoms with Crippen LogP contribution < -0.4 is 15.8 Å². The fourth-order valence-corrected chi connectivity index (χ4v) is 5.58. The van der Waals surface area contributed by atoms with Crippen LogP contribution >= 0.6 is 11.3 Å². The van der Waals surface area contributed by atoms with E-state index in [1.807, 2.05) is 26.8 Å². The molecule has 0 bridgehead atoms. The van der Waals surface area contributed by atoms with Crippen molar-refractivity contribution >= 4 is 38.7 Å². The first-order valence-electron chi connectivity index (χ1n) is 9.34. The first kappa shape index (κ1) is 19.9. The molecule has 164 valence electrons. The van der Waals surface area contributed by atoms with Crippen LogP contribution in [0.15, 0.2) is 34.5 Å². The summed E-state index contributed by atoms with van der Waals surface area (Å²) in [5, 5.41) is 10.5. The van der Waals surface area contributed by atoms with Crippen molar-refractivity contribution in [1.82, 2.24) is 19.9 Å². The Morgan fingerprint density at radius 1 is 1.24 bits per heavy atom. The van der Waals surface area contributed by atoms with Crippen molar-refractivity contribution in [2.24, 2.45) is 0 Å². The van der Waals surface area contributed by atoms with Crippen molar-refractivity contribution < 1.29 is 15.6 Å². The Morgan fingerprint density at radius 2 is 2.00 bits per heavy atom. The van der Waals surface area contributed by atoms with E-state index < -0.39 is 15.6 Å². The molecular formula is C19H34N6O2S2. The minimum Gasteiger partial charge on any atom is -0.396 e. The molecule has 1 fully saturated rings. The zero-order chi connectivity index (χ0) is 20.8. The van der Waals surface area contributed by atoms with E-state index in [2.05, 4.69) is 25.2 Å². The average molecular weight is 443 g/mol. The SMILES string of the molecule is CC(C)(C)NS(=O)(=O)c1ccc(-c2ccc(N)c(Nc3cc(C4CC4)[nH]n3)n2)s1.[HH].[HH].[HH].[HH].[HH]. The highest BCUT2D eigenvalue weighted by Gasteiger charge is 2.26. The monoisotopic (exact) mass is 442 g/mol. The Balaban J connectivity index is 0. The summed E-state index contributed by atoms with van der Waals surface area (Å²) in [4.78, 5) is 5.32. The quantitative estimate of drug-likeness (QED) is 0.423. The number of anilines is 3. The van der Waals surface area contributed by atoms with Gasteiger partial charge in [0.2, 0.25) is 0 Å². The average Bonchev–Trinajstić information content (AvgIpc) is 3.15. The van der Waals surface area contributed by atoms with Gasteiger partial charge in [-0.2, -0.15) is 5.10 Å². The summed E-state index contributed by atoms with van der Waals surface area (Å²) in [6, 6.07) is 8.85. The van der Waals surface area contributed by atoms with Crippen LogP contribution in [-0.2, 0) is 10.0 Å². The van der Waals surface area contributed by atoms with Crippen molar-refractivity contribution in [2.45, 2.75) is 49.3 Å². The van der Waals surface area contributed by atoms with Crippen LogP contribution in [0.2, 0.25) is 0 Å². The lowest BCUT2D eigenvalue weighted by molar-refractivity contribution is 0.492. The van der Waals surface area contributed by atoms with Gasteiger partial charge in [-0.15, -0.1) is 11.3 Å². The number of H-pyrrole nitrogens is 1. The van der Waals surface area contributed by atoms with Crippen molar-refractivity contribution in [3.8, 4) is 10.6 Å². The highest BCUT2D eigenvalue weighted by Crippen LogP contribution is 2.40. The lowest BCUT2D eigenvalue weighted by Gasteiger charge is -2.19. The third kappa shape index (κ3) is 4.60. The first-order chi connectivity index (χ1) is 13.6. The van der Waals surface area contributed by atoms with Crippen molar-refractivity contribution in [1.29, 1.82) is 0 Å². The smallest absolute Gasteiger partial charge is 0.250 e. The molecule has 0 aromatic carbocycles. The van der Waals surface area contributed by atoms with Crippen LogP contribution in [-0.4, -0.2) is 29.1 Å². The van der Waals surface area contributed by atoms with Gasteiger partial charge in [0, 0.05) is 30.4 Å². The van der Waals surface area contributed by atoms with Crippen LogP contribution in [0.1, 0.15) is 52.4 Å². The van der Waals surface area contributed by atoms with E-state index >= 15 is 0 Å². The van der Waals surface area contributed by atoms with Crippen LogP contribution in [0.25, 0.3) is 10.6 Å². The maximum atomic E-state index is 12.6. The second-order valence-electron chi connectivity index (χ2n) is 8.22. The second-order valence-corrected chi connectivity index (χ2v) is 11.2. The third-order valence-corrected chi connectivity index (χ3v) is 7.68. The molecule has 10 heteroatoms. The van der Waals surface area contributed by atoms with Crippen molar-refractivity contribution in [3.05, 3.63) is 36.0 Å². The summed E-state index contributed by atoms with van der Waals surface area (Å²) in [7, 11) is -3.59. The molecule has 0 radical (unpaired) electrons. The molecule has 0 unspecified atom stereocenters. The van der Waals surface area contributed by atoms with Crippen LogP contribution in [0.3, 0.4) is 0 Å². The third-order valence-electron chi connectivity index (χ3n) is 4.33. The standard InChI is InChI=1S/C19H24N6O2S2.5H2/c1-19(2,3)25-29(26,27)17-9-8-15(28-17)13-7-6-12(20)18(21-13)22-16-10-14(23-24-16)11-4-5-11;;;;;/h6-11,25H,4-5,20H2,1-3H3,(H2,21,22,23,24);5*1H. The summed E-state index contributed by atoms with van der Waals surface area (Å²) in [5.41, 5.74) is 7.76. The van der Waals surface area contributed by atoms with Gasteiger partial charge >= 0.3 is 0 Å². The zero-order valence-corrected chi connectivity index (χ0v) is 18.1. The number of hydrogen-bond donors (Lipinski definition) is 4.